The molecule has 0 spiro atoms. The molecule has 1 atom stereocenters. The molecule has 1 saturated heterocycles. The molecule has 102 valence electrons. The van der Waals surface area contributed by atoms with Gasteiger partial charge < -0.3 is 14.6 Å². The van der Waals surface area contributed by atoms with Gasteiger partial charge >= 0.3 is 6.09 Å². The van der Waals surface area contributed by atoms with Gasteiger partial charge in [0.2, 0.25) is 11.8 Å². The van der Waals surface area contributed by atoms with Gasteiger partial charge in [-0.2, -0.15) is 5.01 Å². The highest BCUT2D eigenvalue weighted by Gasteiger charge is 2.41. The minimum atomic E-state index is -1.41. The number of carbonyl (C=O) groups is 3. The Morgan fingerprint density at radius 2 is 1.72 bits per heavy atom. The molecule has 1 aliphatic heterocycles. The Bertz CT molecular complexity index is 338. The van der Waals surface area contributed by atoms with Gasteiger partial charge in [-0.1, -0.05) is 0 Å². The molecule has 0 aromatic carbocycles. The van der Waals surface area contributed by atoms with Crippen molar-refractivity contribution >= 4 is 17.9 Å². The van der Waals surface area contributed by atoms with Gasteiger partial charge in [-0.05, 0) is 6.92 Å². The van der Waals surface area contributed by atoms with E-state index in [-0.39, 0.29) is 12.8 Å². The van der Waals surface area contributed by atoms with Crippen LogP contribution in [0.4, 0.5) is 4.79 Å². The van der Waals surface area contributed by atoms with Crippen LogP contribution in [0.1, 0.15) is 19.8 Å². The van der Waals surface area contributed by atoms with E-state index >= 15 is 0 Å². The molecular formula is C10H16N2O6. The van der Waals surface area contributed by atoms with Crippen LogP contribution in [0.15, 0.2) is 0 Å². The van der Waals surface area contributed by atoms with E-state index in [0.29, 0.717) is 10.0 Å². The highest BCUT2D eigenvalue weighted by molar-refractivity contribution is 6.02. The number of ether oxygens (including phenoxy) is 2. The molecule has 0 bridgehead atoms. The van der Waals surface area contributed by atoms with Crippen molar-refractivity contribution in [3.8, 4) is 0 Å². The van der Waals surface area contributed by atoms with Gasteiger partial charge in [0.25, 0.3) is 0 Å². The first-order chi connectivity index (χ1) is 8.43. The molecule has 1 heterocycles. The zero-order valence-electron chi connectivity index (χ0n) is 10.5. The molecule has 1 N–H and O–H groups in total. The molecule has 8 heteroatoms. The Kier molecular flexibility index (Phi) is 4.62. The summed E-state index contributed by atoms with van der Waals surface area (Å²) in [7, 11) is 2.69. The Balaban J connectivity index is 2.98. The molecule has 0 radical (unpaired) electrons. The van der Waals surface area contributed by atoms with Crippen LogP contribution in [-0.4, -0.2) is 59.6 Å². The number of hydrogen-bond acceptors (Lipinski definition) is 5. The van der Waals surface area contributed by atoms with Crippen LogP contribution in [0, 0.1) is 0 Å². The van der Waals surface area contributed by atoms with Crippen molar-refractivity contribution in [2.75, 3.05) is 14.2 Å². The van der Waals surface area contributed by atoms with Crippen molar-refractivity contribution in [2.24, 2.45) is 0 Å². The first kappa shape index (κ1) is 14.4. The van der Waals surface area contributed by atoms with E-state index in [1.54, 1.807) is 0 Å². The quantitative estimate of drug-likeness (QED) is 0.553. The number of carboxylic acid groups (broad SMARTS) is 1. The molecule has 3 amide bonds. The second-order valence-corrected chi connectivity index (χ2v) is 3.81. The van der Waals surface area contributed by atoms with Crippen LogP contribution in [-0.2, 0) is 19.1 Å². The van der Waals surface area contributed by atoms with E-state index in [0.717, 1.165) is 0 Å². The van der Waals surface area contributed by atoms with Gasteiger partial charge in [0.15, 0.2) is 6.29 Å². The third kappa shape index (κ3) is 2.59. The molecule has 0 aliphatic carbocycles. The second-order valence-electron chi connectivity index (χ2n) is 3.81. The monoisotopic (exact) mass is 260 g/mol. The topological polar surface area (TPSA) is 96.4 Å². The minimum absolute atomic E-state index is 0.0139. The van der Waals surface area contributed by atoms with E-state index < -0.39 is 30.2 Å². The summed E-state index contributed by atoms with van der Waals surface area (Å²) >= 11 is 0. The lowest BCUT2D eigenvalue weighted by atomic mass is 10.3. The van der Waals surface area contributed by atoms with Gasteiger partial charge in [-0.15, -0.1) is 0 Å². The molecule has 0 aromatic heterocycles. The summed E-state index contributed by atoms with van der Waals surface area (Å²) in [5.74, 6) is -1.08. The Morgan fingerprint density at radius 1 is 1.28 bits per heavy atom. The van der Waals surface area contributed by atoms with Gasteiger partial charge in [0, 0.05) is 27.1 Å². The van der Waals surface area contributed by atoms with Crippen molar-refractivity contribution in [1.29, 1.82) is 0 Å². The standard InChI is InChI=1S/C10H16N2O6/c1-6(9(17-2)18-3)11(10(15)16)12-7(13)4-5-8(12)14/h6,9H,4-5H2,1-3H3,(H,15,16). The number of carbonyl (C=O) groups excluding carboxylic acids is 2. The molecule has 1 unspecified atom stereocenters. The third-order valence-electron chi connectivity index (χ3n) is 2.68. The normalized spacial score (nSPS) is 17.4. The van der Waals surface area contributed by atoms with Gasteiger partial charge in [0.05, 0.1) is 0 Å². The molecule has 0 saturated carbocycles. The fourth-order valence-corrected chi connectivity index (χ4v) is 1.85. The number of amides is 3. The van der Waals surface area contributed by atoms with Crippen LogP contribution < -0.4 is 0 Å². The lowest BCUT2D eigenvalue weighted by Gasteiger charge is -2.35. The fraction of sp³-hybridized carbons (Fsp3) is 0.700. The largest absolute Gasteiger partial charge is 0.464 e. The summed E-state index contributed by atoms with van der Waals surface area (Å²) in [5.41, 5.74) is 0. The lowest BCUT2D eigenvalue weighted by Crippen LogP contribution is -2.57. The average molecular weight is 260 g/mol. The molecule has 8 nitrogen and oxygen atoms in total. The fourth-order valence-electron chi connectivity index (χ4n) is 1.85. The molecule has 1 fully saturated rings. The predicted molar refractivity (Wildman–Crippen MR) is 58.2 cm³/mol. The zero-order chi connectivity index (χ0) is 13.9. The molecule has 1 aliphatic rings. The van der Waals surface area contributed by atoms with E-state index in [2.05, 4.69) is 0 Å². The molecule has 0 aromatic rings. The third-order valence-corrected chi connectivity index (χ3v) is 2.68. The average Bonchev–Trinajstić information content (AvgIpc) is 2.62. The van der Waals surface area contributed by atoms with Gasteiger partial charge in [0.1, 0.15) is 6.04 Å². The smallest absolute Gasteiger partial charge is 0.427 e. The van der Waals surface area contributed by atoms with Crippen LogP contribution in [0.2, 0.25) is 0 Å². The maximum absolute atomic E-state index is 11.6. The number of hydrazine groups is 1. The van der Waals surface area contributed by atoms with Crippen molar-refractivity contribution in [3.05, 3.63) is 0 Å². The summed E-state index contributed by atoms with van der Waals surface area (Å²) in [5, 5.41) is 10.4. The first-order valence-corrected chi connectivity index (χ1v) is 5.37. The van der Waals surface area contributed by atoms with Crippen molar-refractivity contribution in [2.45, 2.75) is 32.1 Å². The number of methoxy groups -OCH3 is 2. The maximum Gasteiger partial charge on any atom is 0.427 e. The van der Waals surface area contributed by atoms with E-state index in [4.69, 9.17) is 14.6 Å². The van der Waals surface area contributed by atoms with Crippen LogP contribution in [0.3, 0.4) is 0 Å². The Morgan fingerprint density at radius 3 is 2.06 bits per heavy atom. The summed E-state index contributed by atoms with van der Waals surface area (Å²) in [4.78, 5) is 34.3. The number of rotatable bonds is 5. The zero-order valence-corrected chi connectivity index (χ0v) is 10.5. The van der Waals surface area contributed by atoms with E-state index in [9.17, 15) is 14.4 Å². The summed E-state index contributed by atoms with van der Waals surface area (Å²) in [6.07, 6.45) is -2.26. The highest BCUT2D eigenvalue weighted by Crippen LogP contribution is 2.20. The Hall–Kier alpha value is -1.67. The number of nitrogens with zero attached hydrogens (tertiary/aromatic N) is 2. The highest BCUT2D eigenvalue weighted by atomic mass is 16.7. The number of imide groups is 1. The predicted octanol–water partition coefficient (Wildman–Crippen LogP) is 0.0378. The van der Waals surface area contributed by atoms with Crippen LogP contribution >= 0.6 is 0 Å². The molecular weight excluding hydrogens is 244 g/mol. The molecule has 1 rings (SSSR count). The van der Waals surface area contributed by atoms with E-state index in [1.807, 2.05) is 0 Å². The van der Waals surface area contributed by atoms with Crippen LogP contribution in [0.5, 0.6) is 0 Å². The number of hydrogen-bond donors (Lipinski definition) is 1. The van der Waals surface area contributed by atoms with Gasteiger partial charge in [-0.25, -0.2) is 9.80 Å². The van der Waals surface area contributed by atoms with E-state index in [1.165, 1.54) is 21.1 Å². The second kappa shape index (κ2) is 5.78. The Labute approximate surface area is 104 Å². The van der Waals surface area contributed by atoms with Crippen molar-refractivity contribution < 1.29 is 29.0 Å². The minimum Gasteiger partial charge on any atom is -0.464 e. The summed E-state index contributed by atoms with van der Waals surface area (Å²) in [6, 6.07) is -0.830. The van der Waals surface area contributed by atoms with Crippen molar-refractivity contribution in [3.63, 3.8) is 0 Å². The van der Waals surface area contributed by atoms with Crippen molar-refractivity contribution in [1.82, 2.24) is 10.0 Å². The lowest BCUT2D eigenvalue weighted by molar-refractivity contribution is -0.182. The maximum atomic E-state index is 11.6. The summed E-state index contributed by atoms with van der Waals surface area (Å²) < 4.78 is 9.89. The first-order valence-electron chi connectivity index (χ1n) is 5.37. The SMILES string of the molecule is COC(OC)C(C)N(C(=O)O)N1C(=O)CCC1=O. The molecule has 18 heavy (non-hydrogen) atoms. The summed E-state index contributed by atoms with van der Waals surface area (Å²) in [6.45, 7) is 1.49. The van der Waals surface area contributed by atoms with Gasteiger partial charge in [-0.3, -0.25) is 9.59 Å². The van der Waals surface area contributed by atoms with Crippen LogP contribution in [0.25, 0.3) is 0 Å².